The van der Waals surface area contributed by atoms with E-state index in [0.717, 1.165) is 30.8 Å². The average molecular weight is 408 g/mol. The molecule has 2 amide bonds. The highest BCUT2D eigenvalue weighted by atomic mass is 16.2. The second kappa shape index (κ2) is 10.4. The number of aryl methyl sites for hydroxylation is 1. The maximum absolute atomic E-state index is 12.9. The minimum Gasteiger partial charge on any atom is -0.350 e. The Hall–Kier alpha value is -2.66. The fourth-order valence-corrected chi connectivity index (χ4v) is 3.90. The van der Waals surface area contributed by atoms with E-state index in [2.05, 4.69) is 33.7 Å². The Morgan fingerprint density at radius 3 is 2.37 bits per heavy atom. The van der Waals surface area contributed by atoms with Gasteiger partial charge in [0.2, 0.25) is 5.91 Å². The quantitative estimate of drug-likeness (QED) is 0.702. The van der Waals surface area contributed by atoms with Crippen LogP contribution in [0.25, 0.3) is 0 Å². The fourth-order valence-electron chi connectivity index (χ4n) is 3.90. The minimum absolute atomic E-state index is 0.0152. The number of nitrogens with zero attached hydrogens (tertiary/aromatic N) is 1. The van der Waals surface area contributed by atoms with Crippen LogP contribution in [-0.2, 0) is 17.9 Å². The third kappa shape index (κ3) is 5.92. The second-order valence-electron chi connectivity index (χ2n) is 8.53. The fraction of sp³-hybridized carbons (Fsp3) is 0.440. The number of nitrogens with one attached hydrogen (secondary N) is 2. The van der Waals surface area contributed by atoms with Gasteiger partial charge >= 0.3 is 0 Å². The summed E-state index contributed by atoms with van der Waals surface area (Å²) in [6.07, 6.45) is 2.52. The van der Waals surface area contributed by atoms with Crippen LogP contribution in [0.5, 0.6) is 0 Å². The standard InChI is InChI=1S/C25H33N3O2/c1-18(2)23(27-24(29)20-12-8-9-19(3)15-20)25(30)26-16-21-10-4-5-11-22(21)17-28-13-6-7-14-28/h4-5,8-12,15,18,23H,6-7,13-14,16-17H2,1-3H3,(H,26,30)(H,27,29)/t23-/m1/s1. The van der Waals surface area contributed by atoms with Gasteiger partial charge in [0.15, 0.2) is 0 Å². The predicted octanol–water partition coefficient (Wildman–Crippen LogP) is 3.66. The summed E-state index contributed by atoms with van der Waals surface area (Å²) in [7, 11) is 0. The molecular formula is C25H33N3O2. The van der Waals surface area contributed by atoms with Crippen LogP contribution in [0.4, 0.5) is 0 Å². The number of amides is 2. The molecule has 30 heavy (non-hydrogen) atoms. The Labute approximate surface area is 179 Å². The molecule has 2 aromatic rings. The zero-order valence-corrected chi connectivity index (χ0v) is 18.3. The molecule has 1 saturated heterocycles. The zero-order valence-electron chi connectivity index (χ0n) is 18.3. The number of hydrogen-bond acceptors (Lipinski definition) is 3. The summed E-state index contributed by atoms with van der Waals surface area (Å²) in [4.78, 5) is 28.0. The van der Waals surface area contributed by atoms with Crippen molar-refractivity contribution in [3.05, 3.63) is 70.8 Å². The molecule has 0 spiro atoms. The first-order valence-electron chi connectivity index (χ1n) is 10.9. The Balaban J connectivity index is 1.62. The first kappa shape index (κ1) is 22.0. The van der Waals surface area contributed by atoms with Gasteiger partial charge in [0.05, 0.1) is 0 Å². The molecule has 1 aliphatic heterocycles. The normalized spacial score (nSPS) is 15.2. The maximum Gasteiger partial charge on any atom is 0.251 e. The highest BCUT2D eigenvalue weighted by Crippen LogP contribution is 2.16. The lowest BCUT2D eigenvalue weighted by molar-refractivity contribution is -0.124. The van der Waals surface area contributed by atoms with E-state index < -0.39 is 6.04 Å². The van der Waals surface area contributed by atoms with Crippen LogP contribution in [0.3, 0.4) is 0 Å². The predicted molar refractivity (Wildman–Crippen MR) is 120 cm³/mol. The van der Waals surface area contributed by atoms with E-state index >= 15 is 0 Å². The van der Waals surface area contributed by atoms with Gasteiger partial charge < -0.3 is 10.6 Å². The molecule has 1 aliphatic rings. The summed E-state index contributed by atoms with van der Waals surface area (Å²) in [6.45, 7) is 9.51. The molecule has 0 aliphatic carbocycles. The van der Waals surface area contributed by atoms with Gasteiger partial charge in [-0.25, -0.2) is 0 Å². The highest BCUT2D eigenvalue weighted by Gasteiger charge is 2.25. The molecule has 3 rings (SSSR count). The van der Waals surface area contributed by atoms with Crippen molar-refractivity contribution < 1.29 is 9.59 Å². The molecule has 0 aromatic heterocycles. The molecule has 2 N–H and O–H groups in total. The van der Waals surface area contributed by atoms with Crippen LogP contribution in [-0.4, -0.2) is 35.8 Å². The van der Waals surface area contributed by atoms with E-state index in [4.69, 9.17) is 0 Å². The van der Waals surface area contributed by atoms with Crippen molar-refractivity contribution in [1.82, 2.24) is 15.5 Å². The third-order valence-electron chi connectivity index (χ3n) is 5.68. The van der Waals surface area contributed by atoms with Gasteiger partial charge in [0, 0.05) is 18.7 Å². The van der Waals surface area contributed by atoms with Crippen LogP contribution in [0.1, 0.15) is 53.7 Å². The van der Waals surface area contributed by atoms with E-state index in [0.29, 0.717) is 12.1 Å². The van der Waals surface area contributed by atoms with Crippen molar-refractivity contribution in [3.8, 4) is 0 Å². The van der Waals surface area contributed by atoms with Crippen LogP contribution < -0.4 is 10.6 Å². The summed E-state index contributed by atoms with van der Waals surface area (Å²) in [6, 6.07) is 15.1. The van der Waals surface area contributed by atoms with E-state index in [1.165, 1.54) is 18.4 Å². The lowest BCUT2D eigenvalue weighted by atomic mass is 10.0. The molecule has 0 radical (unpaired) electrons. The largest absolute Gasteiger partial charge is 0.350 e. The monoisotopic (exact) mass is 407 g/mol. The zero-order chi connectivity index (χ0) is 21.5. The smallest absolute Gasteiger partial charge is 0.251 e. The van der Waals surface area contributed by atoms with Crippen molar-refractivity contribution in [2.45, 2.75) is 52.7 Å². The van der Waals surface area contributed by atoms with Crippen LogP contribution in [0, 0.1) is 12.8 Å². The van der Waals surface area contributed by atoms with Crippen molar-refractivity contribution in [2.75, 3.05) is 13.1 Å². The lowest BCUT2D eigenvalue weighted by Crippen LogP contribution is -2.49. The van der Waals surface area contributed by atoms with E-state index in [-0.39, 0.29) is 17.7 Å². The lowest BCUT2D eigenvalue weighted by Gasteiger charge is -2.23. The van der Waals surface area contributed by atoms with Crippen LogP contribution in [0.2, 0.25) is 0 Å². The van der Waals surface area contributed by atoms with Crippen molar-refractivity contribution >= 4 is 11.8 Å². The Bertz CT molecular complexity index is 872. The molecule has 2 aromatic carbocycles. The van der Waals surface area contributed by atoms with Gasteiger partial charge in [-0.1, -0.05) is 55.8 Å². The van der Waals surface area contributed by atoms with Gasteiger partial charge in [-0.3, -0.25) is 14.5 Å². The minimum atomic E-state index is -0.580. The number of likely N-dealkylation sites (tertiary alicyclic amines) is 1. The molecule has 0 unspecified atom stereocenters. The SMILES string of the molecule is Cc1cccc(C(=O)N[C@@H](C(=O)NCc2ccccc2CN2CCCC2)C(C)C)c1. The van der Waals surface area contributed by atoms with Crippen molar-refractivity contribution in [3.63, 3.8) is 0 Å². The van der Waals surface area contributed by atoms with Crippen molar-refractivity contribution in [2.24, 2.45) is 5.92 Å². The average Bonchev–Trinajstić information content (AvgIpc) is 3.24. The first-order chi connectivity index (χ1) is 14.4. The molecule has 1 atom stereocenters. The summed E-state index contributed by atoms with van der Waals surface area (Å²) in [5.74, 6) is -0.387. The number of benzene rings is 2. The molecule has 5 nitrogen and oxygen atoms in total. The summed E-state index contributed by atoms with van der Waals surface area (Å²) >= 11 is 0. The Morgan fingerprint density at radius 2 is 1.70 bits per heavy atom. The number of hydrogen-bond donors (Lipinski definition) is 2. The third-order valence-corrected chi connectivity index (χ3v) is 5.68. The van der Waals surface area contributed by atoms with E-state index in [1.54, 1.807) is 6.07 Å². The Kier molecular flexibility index (Phi) is 7.63. The Morgan fingerprint density at radius 1 is 1.00 bits per heavy atom. The van der Waals surface area contributed by atoms with Gasteiger partial charge in [0.25, 0.3) is 5.91 Å². The molecule has 1 heterocycles. The number of carbonyl (C=O) groups excluding carboxylic acids is 2. The van der Waals surface area contributed by atoms with Crippen molar-refractivity contribution in [1.29, 1.82) is 0 Å². The second-order valence-corrected chi connectivity index (χ2v) is 8.53. The molecule has 160 valence electrons. The first-order valence-corrected chi connectivity index (χ1v) is 10.9. The molecule has 5 heteroatoms. The maximum atomic E-state index is 12.9. The molecular weight excluding hydrogens is 374 g/mol. The number of carbonyl (C=O) groups is 2. The molecule has 0 bridgehead atoms. The highest BCUT2D eigenvalue weighted by molar-refractivity contribution is 5.97. The molecule has 0 saturated carbocycles. The molecule has 1 fully saturated rings. The van der Waals surface area contributed by atoms with Crippen LogP contribution >= 0.6 is 0 Å². The van der Waals surface area contributed by atoms with Gasteiger partial charge in [-0.2, -0.15) is 0 Å². The van der Waals surface area contributed by atoms with Gasteiger partial charge in [-0.15, -0.1) is 0 Å². The van der Waals surface area contributed by atoms with Crippen LogP contribution in [0.15, 0.2) is 48.5 Å². The topological polar surface area (TPSA) is 61.4 Å². The number of rotatable bonds is 8. The summed E-state index contributed by atoms with van der Waals surface area (Å²) < 4.78 is 0. The van der Waals surface area contributed by atoms with Gasteiger partial charge in [-0.05, 0) is 62.0 Å². The van der Waals surface area contributed by atoms with Gasteiger partial charge in [0.1, 0.15) is 6.04 Å². The van der Waals surface area contributed by atoms with E-state index in [1.807, 2.05) is 45.0 Å². The summed E-state index contributed by atoms with van der Waals surface area (Å²) in [5.41, 5.74) is 3.97. The summed E-state index contributed by atoms with van der Waals surface area (Å²) in [5, 5.41) is 5.95. The van der Waals surface area contributed by atoms with E-state index in [9.17, 15) is 9.59 Å².